The molecule has 0 radical (unpaired) electrons. The van der Waals surface area contributed by atoms with Crippen LogP contribution < -0.4 is 0 Å². The van der Waals surface area contributed by atoms with Gasteiger partial charge in [-0.15, -0.1) is 11.3 Å². The minimum atomic E-state index is -0.0793. The molecule has 31 heavy (non-hydrogen) atoms. The maximum absolute atomic E-state index is 13.5. The Morgan fingerprint density at radius 1 is 1.19 bits per heavy atom. The molecule has 1 fully saturated rings. The van der Waals surface area contributed by atoms with Gasteiger partial charge in [0.15, 0.2) is 0 Å². The number of hydrogen-bond acceptors (Lipinski definition) is 4. The Morgan fingerprint density at radius 2 is 1.97 bits per heavy atom. The lowest BCUT2D eigenvalue weighted by Crippen LogP contribution is -2.47. The number of hydrogen-bond donors (Lipinski definition) is 0. The fourth-order valence-electron chi connectivity index (χ4n) is 4.30. The highest BCUT2D eigenvalue weighted by molar-refractivity contribution is 7.10. The number of amides is 2. The summed E-state index contributed by atoms with van der Waals surface area (Å²) in [7, 11) is 0. The Labute approximate surface area is 189 Å². The summed E-state index contributed by atoms with van der Waals surface area (Å²) in [4.78, 5) is 31.5. The van der Waals surface area contributed by atoms with Gasteiger partial charge in [0.1, 0.15) is 0 Å². The second-order valence-electron chi connectivity index (χ2n) is 8.53. The van der Waals surface area contributed by atoms with Crippen molar-refractivity contribution < 1.29 is 14.3 Å². The molecular formula is C25H32N2O3S. The molecule has 1 aliphatic heterocycles. The van der Waals surface area contributed by atoms with E-state index < -0.39 is 0 Å². The lowest BCUT2D eigenvalue weighted by atomic mass is 9.92. The third-order valence-corrected chi connectivity index (χ3v) is 7.16. The van der Waals surface area contributed by atoms with Crippen LogP contribution in [0.1, 0.15) is 53.8 Å². The highest BCUT2D eigenvalue weighted by Gasteiger charge is 2.37. The van der Waals surface area contributed by atoms with Crippen molar-refractivity contribution >= 4 is 23.2 Å². The minimum absolute atomic E-state index is 0.0350. The third kappa shape index (κ3) is 5.18. The summed E-state index contributed by atoms with van der Waals surface area (Å²) in [6.45, 7) is 6.76. The van der Waals surface area contributed by atoms with Gasteiger partial charge in [-0.3, -0.25) is 9.59 Å². The van der Waals surface area contributed by atoms with Crippen molar-refractivity contribution in [3.8, 4) is 0 Å². The van der Waals surface area contributed by atoms with Crippen molar-refractivity contribution in [1.82, 2.24) is 9.80 Å². The molecule has 0 bridgehead atoms. The molecule has 2 heterocycles. The zero-order valence-electron chi connectivity index (χ0n) is 18.5. The van der Waals surface area contributed by atoms with Gasteiger partial charge in [-0.05, 0) is 62.1 Å². The predicted molar refractivity (Wildman–Crippen MR) is 123 cm³/mol. The Morgan fingerprint density at radius 3 is 2.68 bits per heavy atom. The zero-order valence-corrected chi connectivity index (χ0v) is 19.3. The zero-order chi connectivity index (χ0) is 21.8. The van der Waals surface area contributed by atoms with Crippen molar-refractivity contribution in [3.05, 3.63) is 57.3 Å². The number of thiophene rings is 1. The average Bonchev–Trinajstić information content (AvgIpc) is 3.52. The van der Waals surface area contributed by atoms with Crippen LogP contribution in [0.4, 0.5) is 0 Å². The second-order valence-corrected chi connectivity index (χ2v) is 9.53. The molecule has 2 amide bonds. The first kappa shape index (κ1) is 22.0. The van der Waals surface area contributed by atoms with E-state index in [4.69, 9.17) is 4.74 Å². The van der Waals surface area contributed by atoms with E-state index in [1.54, 1.807) is 16.2 Å². The molecule has 1 aromatic carbocycles. The molecular weight excluding hydrogens is 408 g/mol. The van der Waals surface area contributed by atoms with Crippen molar-refractivity contribution in [3.63, 3.8) is 0 Å². The Kier molecular flexibility index (Phi) is 7.08. The Balaban J connectivity index is 1.53. The van der Waals surface area contributed by atoms with E-state index >= 15 is 0 Å². The number of aryl methyl sites for hydroxylation is 1. The Hall–Kier alpha value is -2.18. The van der Waals surface area contributed by atoms with E-state index in [1.165, 1.54) is 16.0 Å². The first-order valence-corrected chi connectivity index (χ1v) is 12.2. The predicted octanol–water partition coefficient (Wildman–Crippen LogP) is 4.20. The van der Waals surface area contributed by atoms with Crippen LogP contribution in [0, 0.1) is 12.8 Å². The number of rotatable bonds is 9. The number of benzene rings is 1. The van der Waals surface area contributed by atoms with Gasteiger partial charge in [-0.1, -0.05) is 29.8 Å². The SMILES string of the molecule is CCOCCCN(CC(=O)N1CCc2sccc2C1c1ccc(C)cc1)C(=O)C1CC1. The number of ether oxygens (including phenoxy) is 1. The second kappa shape index (κ2) is 9.96. The van der Waals surface area contributed by atoms with E-state index in [9.17, 15) is 9.59 Å². The van der Waals surface area contributed by atoms with Crippen molar-refractivity contribution in [2.24, 2.45) is 5.92 Å². The van der Waals surface area contributed by atoms with Crippen molar-refractivity contribution in [2.75, 3.05) is 32.8 Å². The first-order valence-electron chi connectivity index (χ1n) is 11.4. The summed E-state index contributed by atoms with van der Waals surface area (Å²) in [6, 6.07) is 10.5. The fraction of sp³-hybridized carbons (Fsp3) is 0.520. The average molecular weight is 441 g/mol. The quantitative estimate of drug-likeness (QED) is 0.549. The first-order chi connectivity index (χ1) is 15.1. The molecule has 1 aromatic heterocycles. The molecule has 1 unspecified atom stereocenters. The van der Waals surface area contributed by atoms with Crippen LogP contribution in [0.2, 0.25) is 0 Å². The topological polar surface area (TPSA) is 49.9 Å². The Bertz CT molecular complexity index is 904. The van der Waals surface area contributed by atoms with E-state index in [0.717, 1.165) is 31.2 Å². The van der Waals surface area contributed by atoms with Crippen LogP contribution in [0.3, 0.4) is 0 Å². The molecule has 1 saturated carbocycles. The van der Waals surface area contributed by atoms with Crippen molar-refractivity contribution in [1.29, 1.82) is 0 Å². The third-order valence-electron chi connectivity index (χ3n) is 6.16. The molecule has 5 nitrogen and oxygen atoms in total. The minimum Gasteiger partial charge on any atom is -0.382 e. The number of carbonyl (C=O) groups excluding carboxylic acids is 2. The van der Waals surface area contributed by atoms with Crippen LogP contribution in [-0.4, -0.2) is 54.5 Å². The van der Waals surface area contributed by atoms with E-state index in [1.807, 2.05) is 11.8 Å². The van der Waals surface area contributed by atoms with E-state index in [-0.39, 0.29) is 30.3 Å². The standard InChI is InChI=1S/C25H32N2O3S/c1-3-30-15-4-13-26(25(29)20-9-10-20)17-23(28)27-14-11-22-21(12-16-31-22)24(27)19-7-5-18(2)6-8-19/h5-8,12,16,20,24H,3-4,9-11,13-15,17H2,1-2H3. The number of fused-ring (bicyclic) bond motifs is 1. The fourth-order valence-corrected chi connectivity index (χ4v) is 5.21. The van der Waals surface area contributed by atoms with Gasteiger partial charge in [0.2, 0.25) is 11.8 Å². The maximum atomic E-state index is 13.5. The molecule has 1 aliphatic carbocycles. The summed E-state index contributed by atoms with van der Waals surface area (Å²) in [5.74, 6) is 0.274. The van der Waals surface area contributed by atoms with Crippen LogP contribution in [0.5, 0.6) is 0 Å². The molecule has 1 atom stereocenters. The number of carbonyl (C=O) groups is 2. The molecule has 4 rings (SSSR count). The van der Waals surface area contributed by atoms with Gasteiger partial charge in [0.05, 0.1) is 12.6 Å². The summed E-state index contributed by atoms with van der Waals surface area (Å²) < 4.78 is 5.44. The maximum Gasteiger partial charge on any atom is 0.242 e. The smallest absolute Gasteiger partial charge is 0.242 e. The van der Waals surface area contributed by atoms with Crippen LogP contribution >= 0.6 is 11.3 Å². The summed E-state index contributed by atoms with van der Waals surface area (Å²) in [6.07, 6.45) is 3.53. The molecule has 2 aliphatic rings. The van der Waals surface area contributed by atoms with Crippen LogP contribution in [0.25, 0.3) is 0 Å². The lowest BCUT2D eigenvalue weighted by molar-refractivity contribution is -0.142. The molecule has 0 spiro atoms. The van der Waals surface area contributed by atoms with Gasteiger partial charge in [0.25, 0.3) is 0 Å². The van der Waals surface area contributed by atoms with Crippen molar-refractivity contribution in [2.45, 2.75) is 45.6 Å². The summed E-state index contributed by atoms with van der Waals surface area (Å²) in [5, 5.41) is 2.12. The molecule has 0 saturated heterocycles. The van der Waals surface area contributed by atoms with Crippen LogP contribution in [0.15, 0.2) is 35.7 Å². The number of nitrogens with zero attached hydrogens (tertiary/aromatic N) is 2. The molecule has 166 valence electrons. The van der Waals surface area contributed by atoms with Gasteiger partial charge in [-0.25, -0.2) is 0 Å². The molecule has 6 heteroatoms. The van der Waals surface area contributed by atoms with Gasteiger partial charge >= 0.3 is 0 Å². The highest BCUT2D eigenvalue weighted by atomic mass is 32.1. The van der Waals surface area contributed by atoms with Crippen LogP contribution in [-0.2, 0) is 20.7 Å². The largest absolute Gasteiger partial charge is 0.382 e. The molecule has 2 aromatic rings. The van der Waals surface area contributed by atoms with Gasteiger partial charge in [-0.2, -0.15) is 0 Å². The van der Waals surface area contributed by atoms with Gasteiger partial charge < -0.3 is 14.5 Å². The lowest BCUT2D eigenvalue weighted by Gasteiger charge is -2.37. The normalized spacial score (nSPS) is 18.0. The van der Waals surface area contributed by atoms with Gasteiger partial charge in [0, 0.05) is 37.1 Å². The summed E-state index contributed by atoms with van der Waals surface area (Å²) >= 11 is 1.77. The summed E-state index contributed by atoms with van der Waals surface area (Å²) in [5.41, 5.74) is 3.57. The molecule has 0 N–H and O–H groups in total. The van der Waals surface area contributed by atoms with E-state index in [2.05, 4.69) is 42.6 Å². The monoisotopic (exact) mass is 440 g/mol. The highest BCUT2D eigenvalue weighted by Crippen LogP contribution is 2.38. The van der Waals surface area contributed by atoms with E-state index in [0.29, 0.717) is 26.3 Å².